The molecule has 4 heteroatoms. The van der Waals surface area contributed by atoms with Crippen LogP contribution >= 0.6 is 0 Å². The SMILES string of the molecule is CCOC(=O)N(CC1CCCCC1)C1CCNCC1. The minimum absolute atomic E-state index is 0.0972. The highest BCUT2D eigenvalue weighted by Crippen LogP contribution is 2.26. The molecule has 2 aliphatic rings. The Hall–Kier alpha value is -0.770. The molecule has 1 aliphatic carbocycles. The molecule has 110 valence electrons. The van der Waals surface area contributed by atoms with Gasteiger partial charge in [0.05, 0.1) is 6.61 Å². The quantitative estimate of drug-likeness (QED) is 0.852. The van der Waals surface area contributed by atoms with Crippen LogP contribution in [0.25, 0.3) is 0 Å². The number of rotatable bonds is 4. The molecule has 1 amide bonds. The molecule has 1 saturated heterocycles. The number of hydrogen-bond donors (Lipinski definition) is 1. The lowest BCUT2D eigenvalue weighted by Gasteiger charge is -2.37. The summed E-state index contributed by atoms with van der Waals surface area (Å²) in [6.45, 7) is 5.31. The van der Waals surface area contributed by atoms with Crippen LogP contribution in [0.15, 0.2) is 0 Å². The highest BCUT2D eigenvalue weighted by atomic mass is 16.6. The Balaban J connectivity index is 1.93. The van der Waals surface area contributed by atoms with E-state index >= 15 is 0 Å². The van der Waals surface area contributed by atoms with Crippen molar-refractivity contribution in [2.24, 2.45) is 5.92 Å². The molecule has 0 aromatic heterocycles. The molecule has 4 nitrogen and oxygen atoms in total. The summed E-state index contributed by atoms with van der Waals surface area (Å²) in [4.78, 5) is 14.2. The van der Waals surface area contributed by atoms with Gasteiger partial charge in [-0.25, -0.2) is 4.79 Å². The number of nitrogens with zero attached hydrogens (tertiary/aromatic N) is 1. The van der Waals surface area contributed by atoms with Crippen LogP contribution < -0.4 is 5.32 Å². The molecule has 0 atom stereocenters. The Morgan fingerprint density at radius 2 is 1.84 bits per heavy atom. The molecule has 0 unspecified atom stereocenters. The van der Waals surface area contributed by atoms with Crippen molar-refractivity contribution in [1.29, 1.82) is 0 Å². The van der Waals surface area contributed by atoms with Crippen molar-refractivity contribution in [3.8, 4) is 0 Å². The van der Waals surface area contributed by atoms with Crippen LogP contribution in [0.5, 0.6) is 0 Å². The molecule has 19 heavy (non-hydrogen) atoms. The molecule has 1 N–H and O–H groups in total. The van der Waals surface area contributed by atoms with E-state index in [1.54, 1.807) is 0 Å². The highest BCUT2D eigenvalue weighted by Gasteiger charge is 2.29. The lowest BCUT2D eigenvalue weighted by Crippen LogP contribution is -2.48. The second kappa shape index (κ2) is 7.73. The number of ether oxygens (including phenoxy) is 1. The summed E-state index contributed by atoms with van der Waals surface area (Å²) in [5.41, 5.74) is 0. The zero-order valence-corrected chi connectivity index (χ0v) is 12.2. The van der Waals surface area contributed by atoms with E-state index in [0.717, 1.165) is 32.5 Å². The van der Waals surface area contributed by atoms with E-state index in [1.807, 2.05) is 11.8 Å². The first-order valence-electron chi connectivity index (χ1n) is 7.95. The molecule has 1 saturated carbocycles. The minimum Gasteiger partial charge on any atom is -0.450 e. The van der Waals surface area contributed by atoms with Gasteiger partial charge in [0.25, 0.3) is 0 Å². The molecular weight excluding hydrogens is 240 g/mol. The summed E-state index contributed by atoms with van der Waals surface area (Å²) >= 11 is 0. The normalized spacial score (nSPS) is 22.2. The average Bonchev–Trinajstić information content (AvgIpc) is 2.47. The van der Waals surface area contributed by atoms with Gasteiger partial charge >= 0.3 is 6.09 Å². The predicted octanol–water partition coefficient (Wildman–Crippen LogP) is 2.78. The molecule has 2 fully saturated rings. The molecular formula is C15H28N2O2. The van der Waals surface area contributed by atoms with Gasteiger partial charge in [0.1, 0.15) is 0 Å². The summed E-state index contributed by atoms with van der Waals surface area (Å²) in [7, 11) is 0. The molecule has 0 aromatic rings. The highest BCUT2D eigenvalue weighted by molar-refractivity contribution is 5.68. The van der Waals surface area contributed by atoms with Crippen LogP contribution in [0, 0.1) is 5.92 Å². The maximum atomic E-state index is 12.2. The Morgan fingerprint density at radius 3 is 2.47 bits per heavy atom. The average molecular weight is 268 g/mol. The maximum absolute atomic E-state index is 12.2. The Bertz CT molecular complexity index is 271. The van der Waals surface area contributed by atoms with Crippen LogP contribution in [-0.2, 0) is 4.74 Å². The summed E-state index contributed by atoms with van der Waals surface area (Å²) in [6.07, 6.45) is 8.60. The lowest BCUT2D eigenvalue weighted by atomic mass is 9.88. The van der Waals surface area contributed by atoms with Gasteiger partial charge in [-0.2, -0.15) is 0 Å². The van der Waals surface area contributed by atoms with Gasteiger partial charge in [-0.1, -0.05) is 19.3 Å². The van der Waals surface area contributed by atoms with Gasteiger partial charge in [0.15, 0.2) is 0 Å². The van der Waals surface area contributed by atoms with Gasteiger partial charge in [-0.15, -0.1) is 0 Å². The third-order valence-electron chi connectivity index (χ3n) is 4.43. The molecule has 2 rings (SSSR count). The standard InChI is InChI=1S/C15H28N2O2/c1-2-19-15(18)17(14-8-10-16-11-9-14)12-13-6-4-3-5-7-13/h13-14,16H,2-12H2,1H3. The van der Waals surface area contributed by atoms with Gasteiger partial charge in [0, 0.05) is 12.6 Å². The number of nitrogens with one attached hydrogen (secondary N) is 1. The largest absolute Gasteiger partial charge is 0.450 e. The predicted molar refractivity (Wildman–Crippen MR) is 76.2 cm³/mol. The molecule has 0 spiro atoms. The molecule has 1 heterocycles. The van der Waals surface area contributed by atoms with Crippen LogP contribution in [0.4, 0.5) is 4.79 Å². The molecule has 1 aliphatic heterocycles. The second-order valence-electron chi connectivity index (χ2n) is 5.84. The second-order valence-corrected chi connectivity index (χ2v) is 5.84. The van der Waals surface area contributed by atoms with Gasteiger partial charge in [-0.3, -0.25) is 0 Å². The van der Waals surface area contributed by atoms with Gasteiger partial charge < -0.3 is 15.0 Å². The molecule has 0 bridgehead atoms. The van der Waals surface area contributed by atoms with Crippen molar-refractivity contribution >= 4 is 6.09 Å². The fraction of sp³-hybridized carbons (Fsp3) is 0.933. The minimum atomic E-state index is -0.0972. The van der Waals surface area contributed by atoms with E-state index in [-0.39, 0.29) is 6.09 Å². The topological polar surface area (TPSA) is 41.6 Å². The lowest BCUT2D eigenvalue weighted by molar-refractivity contribution is 0.0704. The van der Waals surface area contributed by atoms with E-state index in [0.29, 0.717) is 18.6 Å². The smallest absolute Gasteiger partial charge is 0.410 e. The molecule has 0 radical (unpaired) electrons. The maximum Gasteiger partial charge on any atom is 0.410 e. The Labute approximate surface area is 116 Å². The van der Waals surface area contributed by atoms with Gasteiger partial charge in [0.2, 0.25) is 0 Å². The van der Waals surface area contributed by atoms with Crippen molar-refractivity contribution in [3.05, 3.63) is 0 Å². The number of hydrogen-bond acceptors (Lipinski definition) is 3. The summed E-state index contributed by atoms with van der Waals surface area (Å²) in [5.74, 6) is 0.688. The van der Waals surface area contributed by atoms with E-state index in [2.05, 4.69) is 5.32 Å². The number of carbonyl (C=O) groups excluding carboxylic acids is 1. The van der Waals surface area contributed by atoms with E-state index in [1.165, 1.54) is 32.1 Å². The third-order valence-corrected chi connectivity index (χ3v) is 4.43. The van der Waals surface area contributed by atoms with Crippen LogP contribution in [0.2, 0.25) is 0 Å². The van der Waals surface area contributed by atoms with Crippen molar-refractivity contribution in [2.75, 3.05) is 26.2 Å². The molecule has 0 aromatic carbocycles. The van der Waals surface area contributed by atoms with Crippen LogP contribution in [-0.4, -0.2) is 43.3 Å². The van der Waals surface area contributed by atoms with E-state index in [4.69, 9.17) is 4.74 Å². The zero-order valence-electron chi connectivity index (χ0n) is 12.2. The summed E-state index contributed by atoms with van der Waals surface area (Å²) in [5, 5.41) is 3.37. The first-order valence-corrected chi connectivity index (χ1v) is 7.95. The fourth-order valence-electron chi connectivity index (χ4n) is 3.35. The van der Waals surface area contributed by atoms with Crippen molar-refractivity contribution < 1.29 is 9.53 Å². The monoisotopic (exact) mass is 268 g/mol. The zero-order chi connectivity index (χ0) is 13.5. The van der Waals surface area contributed by atoms with Crippen molar-refractivity contribution in [2.45, 2.75) is 57.9 Å². The van der Waals surface area contributed by atoms with E-state index < -0.39 is 0 Å². The fourth-order valence-corrected chi connectivity index (χ4v) is 3.35. The first kappa shape index (κ1) is 14.6. The van der Waals surface area contributed by atoms with Crippen LogP contribution in [0.1, 0.15) is 51.9 Å². The number of amides is 1. The Kier molecular flexibility index (Phi) is 5.95. The third kappa shape index (κ3) is 4.37. The summed E-state index contributed by atoms with van der Waals surface area (Å²) < 4.78 is 5.27. The number of piperidine rings is 1. The van der Waals surface area contributed by atoms with Gasteiger partial charge in [-0.05, 0) is 51.6 Å². The van der Waals surface area contributed by atoms with Crippen LogP contribution in [0.3, 0.4) is 0 Å². The first-order chi connectivity index (χ1) is 9.31. The van der Waals surface area contributed by atoms with E-state index in [9.17, 15) is 4.79 Å². The van der Waals surface area contributed by atoms with Crippen molar-refractivity contribution in [1.82, 2.24) is 10.2 Å². The summed E-state index contributed by atoms with van der Waals surface area (Å²) in [6, 6.07) is 0.377. The Morgan fingerprint density at radius 1 is 1.16 bits per heavy atom. The van der Waals surface area contributed by atoms with Crippen molar-refractivity contribution in [3.63, 3.8) is 0 Å². The number of carbonyl (C=O) groups is 1.